The SMILES string of the molecule is C=CCOc1c(Cl)cc(C=Nn2c([C@@H](C)CC)nc3ccc(Br)cc3c2=O)cc1Cl. The third-order valence-corrected chi connectivity index (χ3v) is 5.63. The minimum absolute atomic E-state index is 0.0461. The molecule has 1 aromatic heterocycles. The summed E-state index contributed by atoms with van der Waals surface area (Å²) in [6.45, 7) is 7.95. The van der Waals surface area contributed by atoms with E-state index in [4.69, 9.17) is 27.9 Å². The third-order valence-electron chi connectivity index (χ3n) is 4.57. The summed E-state index contributed by atoms with van der Waals surface area (Å²) in [5.41, 5.74) is 1.03. The Morgan fingerprint density at radius 1 is 1.30 bits per heavy atom. The lowest BCUT2D eigenvalue weighted by atomic mass is 10.1. The summed E-state index contributed by atoms with van der Waals surface area (Å²) in [7, 11) is 0. The first-order valence-corrected chi connectivity index (χ1v) is 10.9. The van der Waals surface area contributed by atoms with Crippen LogP contribution in [-0.4, -0.2) is 22.5 Å². The molecule has 1 atom stereocenters. The monoisotopic (exact) mass is 507 g/mol. The highest BCUT2D eigenvalue weighted by Crippen LogP contribution is 2.34. The van der Waals surface area contributed by atoms with Gasteiger partial charge in [0.25, 0.3) is 5.56 Å². The van der Waals surface area contributed by atoms with Crippen LogP contribution in [0.25, 0.3) is 10.9 Å². The molecule has 0 aliphatic rings. The van der Waals surface area contributed by atoms with Crippen molar-refractivity contribution in [3.63, 3.8) is 0 Å². The lowest BCUT2D eigenvalue weighted by Crippen LogP contribution is -2.23. The maximum absolute atomic E-state index is 13.2. The minimum atomic E-state index is -0.240. The van der Waals surface area contributed by atoms with Gasteiger partial charge in [-0.05, 0) is 42.3 Å². The minimum Gasteiger partial charge on any atom is -0.486 e. The fourth-order valence-corrected chi connectivity index (χ4v) is 3.81. The molecule has 8 heteroatoms. The highest BCUT2D eigenvalue weighted by molar-refractivity contribution is 9.10. The number of aromatic nitrogens is 2. The second kappa shape index (κ2) is 9.77. The average Bonchev–Trinajstić information content (AvgIpc) is 2.72. The van der Waals surface area contributed by atoms with E-state index in [9.17, 15) is 4.79 Å². The molecule has 30 heavy (non-hydrogen) atoms. The molecule has 0 aliphatic carbocycles. The molecule has 0 amide bonds. The summed E-state index contributed by atoms with van der Waals surface area (Å²) in [6, 6.07) is 8.78. The number of nitrogens with zero attached hydrogens (tertiary/aromatic N) is 3. The maximum atomic E-state index is 13.2. The zero-order valence-electron chi connectivity index (χ0n) is 16.5. The van der Waals surface area contributed by atoms with E-state index in [-0.39, 0.29) is 11.5 Å². The van der Waals surface area contributed by atoms with Crippen LogP contribution in [0.3, 0.4) is 0 Å². The Morgan fingerprint density at radius 2 is 2.00 bits per heavy atom. The molecule has 0 bridgehead atoms. The first kappa shape index (κ1) is 22.5. The molecule has 0 aliphatic heterocycles. The molecule has 0 N–H and O–H groups in total. The van der Waals surface area contributed by atoms with E-state index in [0.717, 1.165) is 10.9 Å². The fourth-order valence-electron chi connectivity index (χ4n) is 2.84. The standard InChI is InChI=1S/C22H20BrCl2N3O2/c1-4-8-30-20-17(24)9-14(10-18(20)25)12-26-28-21(13(3)5-2)27-19-7-6-15(23)11-16(19)22(28)29/h4,6-7,9-13H,1,5,8H2,2-3H3/t13-/m0/s1. The van der Waals surface area contributed by atoms with Crippen LogP contribution in [0.2, 0.25) is 10.0 Å². The van der Waals surface area contributed by atoms with Crippen LogP contribution in [0.4, 0.5) is 0 Å². The fraction of sp³-hybridized carbons (Fsp3) is 0.227. The lowest BCUT2D eigenvalue weighted by molar-refractivity contribution is 0.363. The first-order valence-electron chi connectivity index (χ1n) is 9.35. The van der Waals surface area contributed by atoms with Crippen molar-refractivity contribution in [2.45, 2.75) is 26.2 Å². The Bertz CT molecular complexity index is 1170. The van der Waals surface area contributed by atoms with Crippen molar-refractivity contribution >= 4 is 56.2 Å². The molecule has 2 aromatic carbocycles. The average molecular weight is 509 g/mol. The van der Waals surface area contributed by atoms with Crippen molar-refractivity contribution in [2.24, 2.45) is 5.10 Å². The van der Waals surface area contributed by atoms with Crippen molar-refractivity contribution in [3.05, 3.63) is 79.2 Å². The van der Waals surface area contributed by atoms with Crippen LogP contribution in [-0.2, 0) is 0 Å². The van der Waals surface area contributed by atoms with E-state index >= 15 is 0 Å². The zero-order valence-corrected chi connectivity index (χ0v) is 19.6. The molecule has 5 nitrogen and oxygen atoms in total. The molecule has 156 valence electrons. The number of hydrogen-bond donors (Lipinski definition) is 0. The quantitative estimate of drug-likeness (QED) is 0.273. The predicted molar refractivity (Wildman–Crippen MR) is 128 cm³/mol. The molecular weight excluding hydrogens is 489 g/mol. The first-order chi connectivity index (χ1) is 14.3. The summed E-state index contributed by atoms with van der Waals surface area (Å²) < 4.78 is 7.62. The van der Waals surface area contributed by atoms with Crippen LogP contribution in [0.15, 0.2) is 57.4 Å². The highest BCUT2D eigenvalue weighted by atomic mass is 79.9. The van der Waals surface area contributed by atoms with Gasteiger partial charge in [-0.3, -0.25) is 4.79 Å². The van der Waals surface area contributed by atoms with Gasteiger partial charge in [0.15, 0.2) is 5.75 Å². The summed E-state index contributed by atoms with van der Waals surface area (Å²) in [6.07, 6.45) is 3.96. The van der Waals surface area contributed by atoms with E-state index in [1.165, 1.54) is 10.9 Å². The second-order valence-corrected chi connectivity index (χ2v) is 8.45. The van der Waals surface area contributed by atoms with E-state index in [2.05, 4.69) is 32.6 Å². The highest BCUT2D eigenvalue weighted by Gasteiger charge is 2.16. The molecule has 3 rings (SSSR count). The van der Waals surface area contributed by atoms with Crippen molar-refractivity contribution < 1.29 is 4.74 Å². The number of ether oxygens (including phenoxy) is 1. The van der Waals surface area contributed by atoms with E-state index in [1.54, 1.807) is 24.3 Å². The number of halogens is 3. The predicted octanol–water partition coefficient (Wildman–Crippen LogP) is 6.43. The van der Waals surface area contributed by atoms with Gasteiger partial charge in [-0.2, -0.15) is 9.78 Å². The largest absolute Gasteiger partial charge is 0.486 e. The summed E-state index contributed by atoms with van der Waals surface area (Å²) in [5.74, 6) is 1.02. The lowest BCUT2D eigenvalue weighted by Gasteiger charge is -2.14. The molecule has 0 spiro atoms. The van der Waals surface area contributed by atoms with Crippen molar-refractivity contribution in [3.8, 4) is 5.75 Å². The summed E-state index contributed by atoms with van der Waals surface area (Å²) >= 11 is 16.0. The second-order valence-electron chi connectivity index (χ2n) is 6.72. The summed E-state index contributed by atoms with van der Waals surface area (Å²) in [4.78, 5) is 17.8. The van der Waals surface area contributed by atoms with Crippen molar-refractivity contribution in [1.82, 2.24) is 9.66 Å². The van der Waals surface area contributed by atoms with Gasteiger partial charge in [0, 0.05) is 10.4 Å². The summed E-state index contributed by atoms with van der Waals surface area (Å²) in [5, 5.41) is 5.61. The van der Waals surface area contributed by atoms with Gasteiger partial charge in [0.2, 0.25) is 0 Å². The van der Waals surface area contributed by atoms with Crippen LogP contribution in [0.5, 0.6) is 5.75 Å². The Hall–Kier alpha value is -2.15. The Labute approximate surface area is 193 Å². The van der Waals surface area contributed by atoms with E-state index in [1.807, 2.05) is 26.0 Å². The molecular formula is C22H20BrCl2N3O2. The van der Waals surface area contributed by atoms with Crippen LogP contribution in [0.1, 0.15) is 37.6 Å². The maximum Gasteiger partial charge on any atom is 0.282 e. The van der Waals surface area contributed by atoms with Crippen LogP contribution >= 0.6 is 39.1 Å². The molecule has 0 radical (unpaired) electrons. The molecule has 0 saturated heterocycles. The van der Waals surface area contributed by atoms with Crippen LogP contribution < -0.4 is 10.3 Å². The Morgan fingerprint density at radius 3 is 2.63 bits per heavy atom. The normalized spacial score (nSPS) is 12.4. The Balaban J connectivity index is 2.10. The smallest absolute Gasteiger partial charge is 0.282 e. The van der Waals surface area contributed by atoms with E-state index in [0.29, 0.717) is 44.7 Å². The van der Waals surface area contributed by atoms with Gasteiger partial charge in [-0.25, -0.2) is 4.98 Å². The van der Waals surface area contributed by atoms with E-state index < -0.39 is 0 Å². The van der Waals surface area contributed by atoms with Gasteiger partial charge >= 0.3 is 0 Å². The number of fused-ring (bicyclic) bond motifs is 1. The van der Waals surface area contributed by atoms with Gasteiger partial charge < -0.3 is 4.74 Å². The molecule has 0 fully saturated rings. The zero-order chi connectivity index (χ0) is 21.8. The van der Waals surface area contributed by atoms with Gasteiger partial charge in [-0.1, -0.05) is 65.6 Å². The third kappa shape index (κ3) is 4.77. The molecule has 0 saturated carbocycles. The molecule has 0 unspecified atom stereocenters. The molecule has 3 aromatic rings. The molecule has 1 heterocycles. The Kier molecular flexibility index (Phi) is 7.34. The van der Waals surface area contributed by atoms with Crippen LogP contribution in [0, 0.1) is 0 Å². The number of hydrogen-bond acceptors (Lipinski definition) is 4. The van der Waals surface area contributed by atoms with Gasteiger partial charge in [-0.15, -0.1) is 0 Å². The van der Waals surface area contributed by atoms with Crippen molar-refractivity contribution in [1.29, 1.82) is 0 Å². The number of rotatable bonds is 7. The van der Waals surface area contributed by atoms with Crippen molar-refractivity contribution in [2.75, 3.05) is 6.61 Å². The van der Waals surface area contributed by atoms with Gasteiger partial charge in [0.05, 0.1) is 27.2 Å². The number of benzene rings is 2. The van der Waals surface area contributed by atoms with Gasteiger partial charge in [0.1, 0.15) is 12.4 Å². The topological polar surface area (TPSA) is 56.5 Å².